The van der Waals surface area contributed by atoms with E-state index in [2.05, 4.69) is 5.32 Å². The molecule has 2 rings (SSSR count). The average Bonchev–Trinajstić information content (AvgIpc) is 2.55. The van der Waals surface area contributed by atoms with E-state index in [9.17, 15) is 17.9 Å². The molecule has 2 N–H and O–H groups in total. The number of aliphatic hydroxyl groups excluding tert-OH is 1. The lowest BCUT2D eigenvalue weighted by molar-refractivity contribution is 0.166. The van der Waals surface area contributed by atoms with Gasteiger partial charge in [0.2, 0.25) is 0 Å². The predicted octanol–water partition coefficient (Wildman–Crippen LogP) is 0.116. The first-order valence-electron chi connectivity index (χ1n) is 5.83. The Hall–Kier alpha value is -0.980. The van der Waals surface area contributed by atoms with E-state index in [0.717, 1.165) is 0 Å². The van der Waals surface area contributed by atoms with Gasteiger partial charge in [-0.05, 0) is 24.6 Å². The molecule has 0 saturated carbocycles. The topological polar surface area (TPSA) is 66.4 Å². The fourth-order valence-corrected chi connectivity index (χ4v) is 3.89. The van der Waals surface area contributed by atoms with E-state index in [1.165, 1.54) is 6.07 Å². The standard InChI is InChI=1S/C12H16FNO3S/c13-10-4-2-1-3-9(10)5-6-14-11-7-18(16,17)8-12(11)15/h1-4,11-12,14-15H,5-8H2/t11-,12+/m1/s1. The molecule has 1 heterocycles. The lowest BCUT2D eigenvalue weighted by Crippen LogP contribution is -2.39. The van der Waals surface area contributed by atoms with E-state index in [-0.39, 0.29) is 17.3 Å². The van der Waals surface area contributed by atoms with Crippen molar-refractivity contribution in [3.8, 4) is 0 Å². The Bertz CT molecular complexity index is 518. The second kappa shape index (κ2) is 5.34. The van der Waals surface area contributed by atoms with Crippen LogP contribution in [0.1, 0.15) is 5.56 Å². The highest BCUT2D eigenvalue weighted by atomic mass is 32.2. The molecule has 1 aromatic carbocycles. The average molecular weight is 273 g/mol. The van der Waals surface area contributed by atoms with Gasteiger partial charge in [-0.15, -0.1) is 0 Å². The molecule has 1 aromatic rings. The maximum atomic E-state index is 13.3. The Morgan fingerprint density at radius 3 is 2.67 bits per heavy atom. The van der Waals surface area contributed by atoms with Gasteiger partial charge in [0.05, 0.1) is 17.6 Å². The van der Waals surface area contributed by atoms with Gasteiger partial charge in [-0.1, -0.05) is 18.2 Å². The molecule has 0 spiro atoms. The molecule has 18 heavy (non-hydrogen) atoms. The Labute approximate surface area is 106 Å². The lowest BCUT2D eigenvalue weighted by atomic mass is 10.1. The van der Waals surface area contributed by atoms with Crippen molar-refractivity contribution in [2.24, 2.45) is 0 Å². The number of halogens is 1. The van der Waals surface area contributed by atoms with Crippen molar-refractivity contribution in [3.63, 3.8) is 0 Å². The molecule has 2 atom stereocenters. The van der Waals surface area contributed by atoms with Gasteiger partial charge in [0.1, 0.15) is 5.82 Å². The molecule has 1 saturated heterocycles. The van der Waals surface area contributed by atoms with Crippen LogP contribution in [0, 0.1) is 5.82 Å². The van der Waals surface area contributed by atoms with Crippen molar-refractivity contribution in [1.29, 1.82) is 0 Å². The van der Waals surface area contributed by atoms with Crippen molar-refractivity contribution in [2.45, 2.75) is 18.6 Å². The van der Waals surface area contributed by atoms with E-state index in [1.807, 2.05) is 0 Å². The van der Waals surface area contributed by atoms with Crippen LogP contribution in [0.5, 0.6) is 0 Å². The van der Waals surface area contributed by atoms with Gasteiger partial charge in [-0.2, -0.15) is 0 Å². The largest absolute Gasteiger partial charge is 0.390 e. The summed E-state index contributed by atoms with van der Waals surface area (Å²) in [6.45, 7) is 0.443. The van der Waals surface area contributed by atoms with Crippen molar-refractivity contribution >= 4 is 9.84 Å². The molecule has 4 nitrogen and oxygen atoms in total. The SMILES string of the molecule is O=S1(=O)C[C@H](O)[C@H](NCCc2ccccc2F)C1. The van der Waals surface area contributed by atoms with Gasteiger partial charge in [0, 0.05) is 6.04 Å². The molecule has 0 aliphatic carbocycles. The van der Waals surface area contributed by atoms with Gasteiger partial charge < -0.3 is 10.4 Å². The van der Waals surface area contributed by atoms with E-state index >= 15 is 0 Å². The molecule has 0 unspecified atom stereocenters. The maximum absolute atomic E-state index is 13.3. The zero-order valence-electron chi connectivity index (χ0n) is 9.84. The molecule has 0 aromatic heterocycles. The Balaban J connectivity index is 1.85. The van der Waals surface area contributed by atoms with Crippen LogP contribution < -0.4 is 5.32 Å². The quantitative estimate of drug-likeness (QED) is 0.817. The number of hydrogen-bond donors (Lipinski definition) is 2. The number of rotatable bonds is 4. The van der Waals surface area contributed by atoms with Crippen LogP contribution >= 0.6 is 0 Å². The third kappa shape index (κ3) is 3.28. The molecule has 1 fully saturated rings. The van der Waals surface area contributed by atoms with E-state index in [4.69, 9.17) is 0 Å². The van der Waals surface area contributed by atoms with Gasteiger partial charge in [-0.25, -0.2) is 12.8 Å². The monoisotopic (exact) mass is 273 g/mol. The van der Waals surface area contributed by atoms with Crippen LogP contribution in [-0.4, -0.2) is 43.7 Å². The molecular weight excluding hydrogens is 257 g/mol. The van der Waals surface area contributed by atoms with Crippen LogP contribution in [-0.2, 0) is 16.3 Å². The van der Waals surface area contributed by atoms with Crippen LogP contribution in [0.15, 0.2) is 24.3 Å². The number of sulfone groups is 1. The van der Waals surface area contributed by atoms with Crippen molar-refractivity contribution in [2.75, 3.05) is 18.1 Å². The van der Waals surface area contributed by atoms with Crippen molar-refractivity contribution in [1.82, 2.24) is 5.32 Å². The molecule has 100 valence electrons. The third-order valence-corrected chi connectivity index (χ3v) is 4.80. The summed E-state index contributed by atoms with van der Waals surface area (Å²) in [6.07, 6.45) is -0.397. The Morgan fingerprint density at radius 2 is 2.06 bits per heavy atom. The summed E-state index contributed by atoms with van der Waals surface area (Å²) < 4.78 is 35.9. The molecule has 1 aliphatic rings. The number of hydrogen-bond acceptors (Lipinski definition) is 4. The van der Waals surface area contributed by atoms with Crippen LogP contribution in [0.3, 0.4) is 0 Å². The fourth-order valence-electron chi connectivity index (χ4n) is 2.12. The smallest absolute Gasteiger partial charge is 0.154 e. The van der Waals surface area contributed by atoms with Gasteiger partial charge in [-0.3, -0.25) is 0 Å². The van der Waals surface area contributed by atoms with Crippen molar-refractivity contribution in [3.05, 3.63) is 35.6 Å². The van der Waals surface area contributed by atoms with Crippen molar-refractivity contribution < 1.29 is 17.9 Å². The molecule has 1 aliphatic heterocycles. The lowest BCUT2D eigenvalue weighted by Gasteiger charge is -2.14. The minimum Gasteiger partial charge on any atom is -0.390 e. The Kier molecular flexibility index (Phi) is 3.99. The summed E-state index contributed by atoms with van der Waals surface area (Å²) in [7, 11) is -3.13. The zero-order valence-corrected chi connectivity index (χ0v) is 10.7. The summed E-state index contributed by atoms with van der Waals surface area (Å²) in [5.74, 6) is -0.505. The van der Waals surface area contributed by atoms with E-state index in [1.54, 1.807) is 18.2 Å². The summed E-state index contributed by atoms with van der Waals surface area (Å²) in [5.41, 5.74) is 0.584. The summed E-state index contributed by atoms with van der Waals surface area (Å²) in [5, 5.41) is 12.5. The van der Waals surface area contributed by atoms with E-state index < -0.39 is 22.0 Å². The van der Waals surface area contributed by atoms with Gasteiger partial charge >= 0.3 is 0 Å². The molecule has 0 bridgehead atoms. The highest BCUT2D eigenvalue weighted by molar-refractivity contribution is 7.91. The maximum Gasteiger partial charge on any atom is 0.154 e. The first-order valence-corrected chi connectivity index (χ1v) is 7.65. The van der Waals surface area contributed by atoms with Gasteiger partial charge in [0.15, 0.2) is 9.84 Å². The van der Waals surface area contributed by atoms with Gasteiger partial charge in [0.25, 0.3) is 0 Å². The predicted molar refractivity (Wildman–Crippen MR) is 66.6 cm³/mol. The normalized spacial score (nSPS) is 26.3. The first-order chi connectivity index (χ1) is 8.48. The first kappa shape index (κ1) is 13.5. The number of aliphatic hydroxyl groups is 1. The van der Waals surface area contributed by atoms with E-state index in [0.29, 0.717) is 18.5 Å². The molecular formula is C12H16FNO3S. The molecule has 0 amide bonds. The zero-order chi connectivity index (χ0) is 13.2. The Morgan fingerprint density at radius 1 is 1.33 bits per heavy atom. The summed E-state index contributed by atoms with van der Waals surface area (Å²) in [6, 6.07) is 6.03. The molecule has 0 radical (unpaired) electrons. The second-order valence-electron chi connectivity index (χ2n) is 4.55. The minimum absolute atomic E-state index is 0.0502. The number of nitrogens with one attached hydrogen (secondary N) is 1. The summed E-state index contributed by atoms with van der Waals surface area (Å²) >= 11 is 0. The molecule has 6 heteroatoms. The minimum atomic E-state index is -3.13. The highest BCUT2D eigenvalue weighted by Gasteiger charge is 2.35. The summed E-state index contributed by atoms with van der Waals surface area (Å²) in [4.78, 5) is 0. The fraction of sp³-hybridized carbons (Fsp3) is 0.500. The third-order valence-electron chi connectivity index (χ3n) is 3.08. The van der Waals surface area contributed by atoms with Crippen LogP contribution in [0.4, 0.5) is 4.39 Å². The van der Waals surface area contributed by atoms with Crippen LogP contribution in [0.2, 0.25) is 0 Å². The second-order valence-corrected chi connectivity index (χ2v) is 6.70. The number of benzene rings is 1. The van der Waals surface area contributed by atoms with Crippen LogP contribution in [0.25, 0.3) is 0 Å². The highest BCUT2D eigenvalue weighted by Crippen LogP contribution is 2.13.